The van der Waals surface area contributed by atoms with E-state index in [0.29, 0.717) is 19.5 Å². The second-order valence-electron chi connectivity index (χ2n) is 2.57. The third kappa shape index (κ3) is 3.10. The van der Waals surface area contributed by atoms with Crippen LogP contribution in [0, 0.1) is 0 Å². The van der Waals surface area contributed by atoms with Crippen molar-refractivity contribution in [1.29, 1.82) is 0 Å². The minimum absolute atomic E-state index is 0.0107. The van der Waals surface area contributed by atoms with Gasteiger partial charge in [-0.3, -0.25) is 9.48 Å². The molecule has 0 fully saturated rings. The average molecular weight is 183 g/mol. The van der Waals surface area contributed by atoms with Crippen LogP contribution in [-0.2, 0) is 11.3 Å². The van der Waals surface area contributed by atoms with Crippen LogP contribution in [0.15, 0.2) is 6.33 Å². The summed E-state index contributed by atoms with van der Waals surface area (Å²) in [5.74, 6) is 0.243. The summed E-state index contributed by atoms with van der Waals surface area (Å²) >= 11 is 0. The molecular formula is C7H13N5O. The number of nitrogens with two attached hydrogens (primary N) is 1. The summed E-state index contributed by atoms with van der Waals surface area (Å²) in [6.07, 6.45) is 1.91. The Morgan fingerprint density at radius 3 is 3.08 bits per heavy atom. The summed E-state index contributed by atoms with van der Waals surface area (Å²) in [5.41, 5.74) is 5.30. The first kappa shape index (κ1) is 9.50. The lowest BCUT2D eigenvalue weighted by atomic mass is 10.4. The second-order valence-corrected chi connectivity index (χ2v) is 2.57. The van der Waals surface area contributed by atoms with Crippen molar-refractivity contribution in [3.05, 3.63) is 6.33 Å². The molecule has 1 aromatic heterocycles. The number of aryl methyl sites for hydroxylation is 1. The maximum absolute atomic E-state index is 11.0. The van der Waals surface area contributed by atoms with Crippen LogP contribution in [-0.4, -0.2) is 27.2 Å². The van der Waals surface area contributed by atoms with E-state index < -0.39 is 0 Å². The lowest BCUT2D eigenvalue weighted by Crippen LogP contribution is -2.23. The molecule has 6 heteroatoms. The number of amides is 1. The van der Waals surface area contributed by atoms with Crippen molar-refractivity contribution in [2.24, 2.45) is 0 Å². The Bertz CT molecular complexity index is 282. The standard InChI is InChI=1S/C7H13N5O/c1-2-9-6(13)3-4-12-5-10-7(8)11-12/h5H,2-4H2,1H3,(H2,8,11)(H,9,13). The molecule has 0 bridgehead atoms. The van der Waals surface area contributed by atoms with E-state index in [1.807, 2.05) is 6.92 Å². The predicted molar refractivity (Wildman–Crippen MR) is 47.7 cm³/mol. The number of rotatable bonds is 4. The molecule has 0 spiro atoms. The molecule has 0 radical (unpaired) electrons. The third-order valence-electron chi connectivity index (χ3n) is 1.50. The predicted octanol–water partition coefficient (Wildman–Crippen LogP) is -0.613. The molecule has 1 heterocycles. The summed E-state index contributed by atoms with van der Waals surface area (Å²) in [4.78, 5) is 14.8. The van der Waals surface area contributed by atoms with E-state index in [9.17, 15) is 4.79 Å². The van der Waals surface area contributed by atoms with E-state index in [-0.39, 0.29) is 11.9 Å². The average Bonchev–Trinajstić information content (AvgIpc) is 2.49. The topological polar surface area (TPSA) is 85.8 Å². The van der Waals surface area contributed by atoms with Gasteiger partial charge < -0.3 is 11.1 Å². The first-order valence-electron chi connectivity index (χ1n) is 4.14. The maximum atomic E-state index is 11.0. The molecule has 0 atom stereocenters. The maximum Gasteiger partial charge on any atom is 0.239 e. The minimum atomic E-state index is 0.0107. The van der Waals surface area contributed by atoms with Gasteiger partial charge in [0.15, 0.2) is 0 Å². The highest BCUT2D eigenvalue weighted by atomic mass is 16.1. The van der Waals surface area contributed by atoms with Crippen molar-refractivity contribution in [2.75, 3.05) is 12.3 Å². The number of carbonyl (C=O) groups excluding carboxylic acids is 1. The normalized spacial score (nSPS) is 9.92. The zero-order valence-electron chi connectivity index (χ0n) is 7.53. The van der Waals surface area contributed by atoms with Gasteiger partial charge in [0, 0.05) is 13.0 Å². The van der Waals surface area contributed by atoms with E-state index >= 15 is 0 Å². The van der Waals surface area contributed by atoms with Gasteiger partial charge in [0.1, 0.15) is 6.33 Å². The number of nitrogens with zero attached hydrogens (tertiary/aromatic N) is 3. The van der Waals surface area contributed by atoms with Crippen molar-refractivity contribution in [3.63, 3.8) is 0 Å². The zero-order chi connectivity index (χ0) is 9.68. The summed E-state index contributed by atoms with van der Waals surface area (Å²) < 4.78 is 1.55. The monoisotopic (exact) mass is 183 g/mol. The van der Waals surface area contributed by atoms with Crippen LogP contribution in [0.3, 0.4) is 0 Å². The van der Waals surface area contributed by atoms with Crippen LogP contribution in [0.2, 0.25) is 0 Å². The SMILES string of the molecule is CCNC(=O)CCn1cnc(N)n1. The fraction of sp³-hybridized carbons (Fsp3) is 0.571. The summed E-state index contributed by atoms with van der Waals surface area (Å²) in [7, 11) is 0. The van der Waals surface area contributed by atoms with Crippen LogP contribution in [0.4, 0.5) is 5.95 Å². The van der Waals surface area contributed by atoms with Crippen molar-refractivity contribution < 1.29 is 4.79 Å². The fourth-order valence-corrected chi connectivity index (χ4v) is 0.918. The number of nitrogens with one attached hydrogen (secondary N) is 1. The number of carbonyl (C=O) groups is 1. The molecule has 0 saturated heterocycles. The Hall–Kier alpha value is -1.59. The Kier molecular flexibility index (Phi) is 3.24. The van der Waals surface area contributed by atoms with Gasteiger partial charge in [-0.15, -0.1) is 5.10 Å². The molecule has 72 valence electrons. The fourth-order valence-electron chi connectivity index (χ4n) is 0.918. The molecule has 0 aromatic carbocycles. The van der Waals surface area contributed by atoms with E-state index in [4.69, 9.17) is 5.73 Å². The van der Waals surface area contributed by atoms with Crippen LogP contribution < -0.4 is 11.1 Å². The van der Waals surface area contributed by atoms with Crippen molar-refractivity contribution in [2.45, 2.75) is 19.9 Å². The molecule has 1 aromatic rings. The van der Waals surface area contributed by atoms with Gasteiger partial charge in [0.25, 0.3) is 0 Å². The molecular weight excluding hydrogens is 170 g/mol. The zero-order valence-corrected chi connectivity index (χ0v) is 7.53. The van der Waals surface area contributed by atoms with Gasteiger partial charge in [-0.1, -0.05) is 0 Å². The highest BCUT2D eigenvalue weighted by Gasteiger charge is 2.00. The Balaban J connectivity index is 2.30. The lowest BCUT2D eigenvalue weighted by Gasteiger charge is -2.00. The summed E-state index contributed by atoms with van der Waals surface area (Å²) in [5, 5.41) is 6.54. The van der Waals surface area contributed by atoms with Gasteiger partial charge in [-0.2, -0.15) is 0 Å². The van der Waals surface area contributed by atoms with Gasteiger partial charge in [0.05, 0.1) is 6.54 Å². The Morgan fingerprint density at radius 1 is 1.77 bits per heavy atom. The summed E-state index contributed by atoms with van der Waals surface area (Å²) in [6.45, 7) is 3.04. The molecule has 0 aliphatic rings. The molecule has 1 rings (SSSR count). The molecule has 0 saturated carbocycles. The number of anilines is 1. The smallest absolute Gasteiger partial charge is 0.239 e. The van der Waals surface area contributed by atoms with E-state index in [0.717, 1.165) is 0 Å². The second kappa shape index (κ2) is 4.44. The van der Waals surface area contributed by atoms with E-state index in [1.165, 1.54) is 6.33 Å². The minimum Gasteiger partial charge on any atom is -0.367 e. The van der Waals surface area contributed by atoms with Crippen LogP contribution >= 0.6 is 0 Å². The van der Waals surface area contributed by atoms with Gasteiger partial charge in [-0.25, -0.2) is 4.98 Å². The molecule has 0 aliphatic heterocycles. The van der Waals surface area contributed by atoms with Crippen LogP contribution in [0.25, 0.3) is 0 Å². The van der Waals surface area contributed by atoms with E-state index in [2.05, 4.69) is 15.4 Å². The molecule has 3 N–H and O–H groups in total. The van der Waals surface area contributed by atoms with Gasteiger partial charge in [0.2, 0.25) is 11.9 Å². The van der Waals surface area contributed by atoms with Crippen LogP contribution in [0.1, 0.15) is 13.3 Å². The molecule has 1 amide bonds. The number of hydrogen-bond acceptors (Lipinski definition) is 4. The quantitative estimate of drug-likeness (QED) is 0.651. The Morgan fingerprint density at radius 2 is 2.54 bits per heavy atom. The van der Waals surface area contributed by atoms with Crippen molar-refractivity contribution in [3.8, 4) is 0 Å². The van der Waals surface area contributed by atoms with Crippen molar-refractivity contribution >= 4 is 11.9 Å². The number of aromatic nitrogens is 3. The molecule has 13 heavy (non-hydrogen) atoms. The highest BCUT2D eigenvalue weighted by Crippen LogP contribution is 1.91. The van der Waals surface area contributed by atoms with Gasteiger partial charge >= 0.3 is 0 Å². The third-order valence-corrected chi connectivity index (χ3v) is 1.50. The lowest BCUT2D eigenvalue weighted by molar-refractivity contribution is -0.121. The van der Waals surface area contributed by atoms with Crippen LogP contribution in [0.5, 0.6) is 0 Å². The first-order chi connectivity index (χ1) is 6.22. The Labute approximate surface area is 76.1 Å². The molecule has 6 nitrogen and oxygen atoms in total. The molecule has 0 unspecified atom stereocenters. The molecule has 0 aliphatic carbocycles. The highest BCUT2D eigenvalue weighted by molar-refractivity contribution is 5.75. The number of nitrogen functional groups attached to an aromatic ring is 1. The van der Waals surface area contributed by atoms with Crippen molar-refractivity contribution in [1.82, 2.24) is 20.1 Å². The summed E-state index contributed by atoms with van der Waals surface area (Å²) in [6, 6.07) is 0. The first-order valence-corrected chi connectivity index (χ1v) is 4.14. The van der Waals surface area contributed by atoms with E-state index in [1.54, 1.807) is 4.68 Å². The largest absolute Gasteiger partial charge is 0.367 e. The van der Waals surface area contributed by atoms with Gasteiger partial charge in [-0.05, 0) is 6.92 Å². The number of hydrogen-bond donors (Lipinski definition) is 2.